The number of nitrogens with zero attached hydrogens (tertiary/aromatic N) is 4. The molecule has 40 heavy (non-hydrogen) atoms. The van der Waals surface area contributed by atoms with E-state index < -0.39 is 17.2 Å². The van der Waals surface area contributed by atoms with Crippen molar-refractivity contribution >= 4 is 12.5 Å². The third-order valence-electron chi connectivity index (χ3n) is 7.05. The van der Waals surface area contributed by atoms with Crippen LogP contribution in [-0.2, 0) is 0 Å². The Hall–Kier alpha value is -4.73. The standard InChI is InChI=1S/C30H28F2N4O4/c1-17-14-19(10-12-33-17)28-34-18(2)26(30(38)36(28)27-24(39-3)6-5-7-25(27)40-4)29(37)35-13-11-20(16-35)22-9-8-21(31)15-23(22)32/h5-10,12,14-15,20,37H,2,11,13,16H2,1,3-4H3. The smallest absolute Gasteiger partial charge is 0.271 e. The molecule has 0 amide bonds. The Kier molecular flexibility index (Phi) is 7.25. The van der Waals surface area contributed by atoms with E-state index in [9.17, 15) is 18.7 Å². The molecule has 2 aromatic carbocycles. The van der Waals surface area contributed by atoms with Crippen molar-refractivity contribution in [2.75, 3.05) is 27.3 Å². The first-order valence-electron chi connectivity index (χ1n) is 12.6. The number of aryl methyl sites for hydroxylation is 1. The maximum Gasteiger partial charge on any atom is 0.271 e. The minimum Gasteiger partial charge on any atom is -0.494 e. The molecule has 0 spiro atoms. The number of likely N-dealkylation sites (tertiary alicyclic amines) is 1. The molecule has 0 bridgehead atoms. The van der Waals surface area contributed by atoms with Gasteiger partial charge in [-0.1, -0.05) is 18.7 Å². The zero-order valence-corrected chi connectivity index (χ0v) is 22.3. The van der Waals surface area contributed by atoms with Gasteiger partial charge >= 0.3 is 0 Å². The molecule has 1 unspecified atom stereocenters. The molecule has 0 saturated carbocycles. The molecule has 206 valence electrons. The monoisotopic (exact) mass is 546 g/mol. The van der Waals surface area contributed by atoms with E-state index in [1.54, 1.807) is 41.4 Å². The van der Waals surface area contributed by atoms with E-state index >= 15 is 0 Å². The number of para-hydroxylation sites is 1. The van der Waals surface area contributed by atoms with E-state index in [0.717, 1.165) is 6.07 Å². The third-order valence-corrected chi connectivity index (χ3v) is 7.05. The summed E-state index contributed by atoms with van der Waals surface area (Å²) in [5.41, 5.74) is 1.37. The second kappa shape index (κ2) is 10.8. The largest absolute Gasteiger partial charge is 0.494 e. The number of hydrogen-bond acceptors (Lipinski definition) is 7. The molecule has 4 aromatic rings. The van der Waals surface area contributed by atoms with Gasteiger partial charge in [-0.25, -0.2) is 13.8 Å². The highest BCUT2D eigenvalue weighted by atomic mass is 19.1. The molecule has 10 heteroatoms. The molecule has 2 aromatic heterocycles. The van der Waals surface area contributed by atoms with Crippen molar-refractivity contribution in [2.45, 2.75) is 19.3 Å². The molecule has 0 radical (unpaired) electrons. The first-order valence-corrected chi connectivity index (χ1v) is 12.6. The van der Waals surface area contributed by atoms with Crippen molar-refractivity contribution in [3.05, 3.63) is 98.5 Å². The van der Waals surface area contributed by atoms with Gasteiger partial charge in [0.15, 0.2) is 0 Å². The highest BCUT2D eigenvalue weighted by molar-refractivity contribution is 5.65. The Balaban J connectivity index is 1.74. The lowest BCUT2D eigenvalue weighted by Crippen LogP contribution is -2.50. The van der Waals surface area contributed by atoms with Crippen LogP contribution in [0.25, 0.3) is 29.5 Å². The fourth-order valence-electron chi connectivity index (χ4n) is 5.12. The first-order chi connectivity index (χ1) is 19.2. The maximum atomic E-state index is 14.5. The van der Waals surface area contributed by atoms with Crippen LogP contribution in [0.1, 0.15) is 23.6 Å². The SMILES string of the molecule is C=c1nc(-c2ccnc(C)c2)n(-c2c(OC)cccc2OC)c(=O)c1=C(O)N1CCC(c2ccc(F)cc2F)C1. The highest BCUT2D eigenvalue weighted by Crippen LogP contribution is 2.34. The molecule has 1 aliphatic heterocycles. The molecule has 3 heterocycles. The number of aliphatic hydroxyl groups is 1. The summed E-state index contributed by atoms with van der Waals surface area (Å²) in [4.78, 5) is 24.8. The summed E-state index contributed by atoms with van der Waals surface area (Å²) in [6.07, 6.45) is 2.11. The van der Waals surface area contributed by atoms with Crippen LogP contribution in [-0.4, -0.2) is 51.9 Å². The number of hydrogen-bond donors (Lipinski definition) is 1. The zero-order chi connectivity index (χ0) is 28.6. The molecule has 0 aliphatic carbocycles. The Bertz CT molecular complexity index is 1750. The maximum absolute atomic E-state index is 14.5. The van der Waals surface area contributed by atoms with E-state index in [2.05, 4.69) is 16.5 Å². The van der Waals surface area contributed by atoms with E-state index in [4.69, 9.17) is 9.47 Å². The van der Waals surface area contributed by atoms with Crippen molar-refractivity contribution in [2.24, 2.45) is 0 Å². The first kappa shape index (κ1) is 26.9. The fraction of sp³-hybridized carbons (Fsp3) is 0.233. The van der Waals surface area contributed by atoms with Crippen molar-refractivity contribution in [1.82, 2.24) is 19.4 Å². The fourth-order valence-corrected chi connectivity index (χ4v) is 5.12. The van der Waals surface area contributed by atoms with Crippen molar-refractivity contribution in [3.63, 3.8) is 0 Å². The average molecular weight is 547 g/mol. The van der Waals surface area contributed by atoms with Gasteiger partial charge in [0, 0.05) is 42.5 Å². The van der Waals surface area contributed by atoms with Gasteiger partial charge in [0.25, 0.3) is 5.56 Å². The molecular formula is C30H28F2N4O4. The molecule has 1 fully saturated rings. The normalized spacial score (nSPS) is 15.7. The molecule has 1 saturated heterocycles. The van der Waals surface area contributed by atoms with Crippen LogP contribution in [0.3, 0.4) is 0 Å². The number of halogens is 2. The van der Waals surface area contributed by atoms with Crippen LogP contribution < -0.4 is 25.6 Å². The Morgan fingerprint density at radius 3 is 2.48 bits per heavy atom. The molecule has 1 aliphatic rings. The lowest BCUT2D eigenvalue weighted by molar-refractivity contribution is 0.321. The van der Waals surface area contributed by atoms with Crippen molar-refractivity contribution in [3.8, 4) is 28.6 Å². The number of methoxy groups -OCH3 is 2. The predicted octanol–water partition coefficient (Wildman–Crippen LogP) is 3.42. The summed E-state index contributed by atoms with van der Waals surface area (Å²) in [6, 6.07) is 12.1. The third kappa shape index (κ3) is 4.76. The van der Waals surface area contributed by atoms with E-state index in [0.29, 0.717) is 47.0 Å². The van der Waals surface area contributed by atoms with E-state index in [1.807, 2.05) is 6.92 Å². The molecule has 1 N–H and O–H groups in total. The Morgan fingerprint density at radius 1 is 1.10 bits per heavy atom. The van der Waals surface area contributed by atoms with E-state index in [-0.39, 0.29) is 34.7 Å². The number of ether oxygens (including phenoxy) is 2. The van der Waals surface area contributed by atoms with Crippen molar-refractivity contribution < 1.29 is 23.4 Å². The summed E-state index contributed by atoms with van der Waals surface area (Å²) in [7, 11) is 2.96. The Labute approximate surface area is 229 Å². The second-order valence-electron chi connectivity index (χ2n) is 9.52. The highest BCUT2D eigenvalue weighted by Gasteiger charge is 2.29. The van der Waals surface area contributed by atoms with Crippen LogP contribution in [0.15, 0.2) is 59.5 Å². The molecule has 8 nitrogen and oxygen atoms in total. The number of pyridine rings is 1. The summed E-state index contributed by atoms with van der Waals surface area (Å²) in [6.45, 7) is 6.38. The van der Waals surface area contributed by atoms with Crippen LogP contribution in [0.5, 0.6) is 11.5 Å². The zero-order valence-electron chi connectivity index (χ0n) is 22.3. The lowest BCUT2D eigenvalue weighted by atomic mass is 9.98. The molecular weight excluding hydrogens is 518 g/mol. The van der Waals surface area contributed by atoms with Gasteiger partial charge in [0.05, 0.1) is 19.6 Å². The van der Waals surface area contributed by atoms with Crippen LogP contribution in [0, 0.1) is 18.6 Å². The summed E-state index contributed by atoms with van der Waals surface area (Å²) >= 11 is 0. The van der Waals surface area contributed by atoms with Gasteiger partial charge in [0.2, 0.25) is 5.88 Å². The lowest BCUT2D eigenvalue weighted by Gasteiger charge is -2.20. The molecule has 5 rings (SSSR count). The summed E-state index contributed by atoms with van der Waals surface area (Å²) in [5.74, 6) is -0.973. The topological polar surface area (TPSA) is 89.7 Å². The van der Waals surface area contributed by atoms with E-state index in [1.165, 1.54) is 30.9 Å². The predicted molar refractivity (Wildman–Crippen MR) is 147 cm³/mol. The van der Waals surface area contributed by atoms with Gasteiger partial charge in [-0.3, -0.25) is 14.3 Å². The quantitative estimate of drug-likeness (QED) is 0.397. The average Bonchev–Trinajstić information content (AvgIpc) is 3.42. The number of aliphatic hydroxyl groups excluding tert-OH is 1. The summed E-state index contributed by atoms with van der Waals surface area (Å²) in [5, 5.41) is 11.4. The van der Waals surface area contributed by atoms with Gasteiger partial charge in [0.1, 0.15) is 39.9 Å². The number of benzene rings is 2. The van der Waals surface area contributed by atoms with Crippen LogP contribution in [0.4, 0.5) is 8.78 Å². The molecule has 1 atom stereocenters. The van der Waals surface area contributed by atoms with Crippen LogP contribution in [0.2, 0.25) is 0 Å². The summed E-state index contributed by atoms with van der Waals surface area (Å²) < 4.78 is 40.4. The van der Waals surface area contributed by atoms with Crippen molar-refractivity contribution in [1.29, 1.82) is 0 Å². The Morgan fingerprint density at radius 2 is 1.82 bits per heavy atom. The number of rotatable bonds is 6. The van der Waals surface area contributed by atoms with Gasteiger partial charge < -0.3 is 19.5 Å². The second-order valence-corrected chi connectivity index (χ2v) is 9.52. The minimum absolute atomic E-state index is 0.0634. The van der Waals surface area contributed by atoms with Crippen LogP contribution >= 0.6 is 0 Å². The van der Waals surface area contributed by atoms with Gasteiger partial charge in [-0.15, -0.1) is 0 Å². The van der Waals surface area contributed by atoms with Gasteiger partial charge in [-0.05, 0) is 49.2 Å². The van der Waals surface area contributed by atoms with Gasteiger partial charge in [-0.2, -0.15) is 0 Å². The minimum atomic E-state index is -0.657. The number of aromatic nitrogens is 3.